The van der Waals surface area contributed by atoms with Gasteiger partial charge in [0, 0.05) is 103 Å². The fraction of sp³-hybridized carbons (Fsp3) is 0.250. The van der Waals surface area contributed by atoms with Crippen molar-refractivity contribution >= 4 is 137 Å². The highest BCUT2D eigenvalue weighted by Crippen LogP contribution is 2.45. The number of hydrogen-bond donors (Lipinski definition) is 10. The minimum Gasteiger partial charge on any atom is -0.439 e. The molecule has 8 aromatic heterocycles. The Morgan fingerprint density at radius 2 is 0.769 bits per heavy atom. The number of amides is 7. The van der Waals surface area contributed by atoms with Gasteiger partial charge >= 0.3 is 0 Å². The zero-order chi connectivity index (χ0) is 82.9. The number of nitriles is 1. The lowest BCUT2D eigenvalue weighted by Crippen LogP contribution is -2.27. The van der Waals surface area contributed by atoms with Crippen LogP contribution in [0.25, 0.3) is 88.1 Å². The van der Waals surface area contributed by atoms with Crippen LogP contribution in [0.15, 0.2) is 171 Å². The largest absolute Gasteiger partial charge is 0.439 e. The molecule has 4 fully saturated rings. The van der Waals surface area contributed by atoms with E-state index in [1.165, 1.54) is 9.80 Å². The number of pyridine rings is 8. The molecule has 4 aromatic carbocycles. The number of benzene rings is 4. The van der Waals surface area contributed by atoms with E-state index in [0.717, 1.165) is 105 Å². The van der Waals surface area contributed by atoms with Gasteiger partial charge in [-0.15, -0.1) is 0 Å². The van der Waals surface area contributed by atoms with Gasteiger partial charge in [0.25, 0.3) is 0 Å². The second kappa shape index (κ2) is 32.9. The van der Waals surface area contributed by atoms with Crippen LogP contribution in [0.5, 0.6) is 5.75 Å². The van der Waals surface area contributed by atoms with Gasteiger partial charge in [-0.2, -0.15) is 5.26 Å². The molecule has 0 radical (unpaired) electrons. The molecule has 7 amide bonds. The molecule has 9 heterocycles. The molecule has 29 nitrogen and oxygen atoms in total. The van der Waals surface area contributed by atoms with E-state index >= 15 is 0 Å². The van der Waals surface area contributed by atoms with E-state index in [1.54, 1.807) is 77.2 Å². The van der Waals surface area contributed by atoms with Crippen molar-refractivity contribution < 1.29 is 38.3 Å². The number of nitrogens with two attached hydrogens (primary N) is 4. The average Bonchev–Trinajstić information content (AvgIpc) is 1.73. The SMILES string of the molecule is C=C1Nc2cc(C)c(-c3cc4cc(NC(=O)C5C[C@@H]5C#N)ncc4c(N)n3)cc2O1.CCNC(=O)[C@H]1C[C@H]1C(=O)Nc1cc2cc(-c3ccccc3C)nc(N)c2cn1.Cc1ccccc1-c1cc2cc(NC(=O)[C@@H]3C[C@@H]3C(=O)N(C)C)ncc2c(N)n1.Cc1ccccc1-c1cc2cc(NC(=O)[C@H]3C[C@H]3C(=O)N(C)C)ncc2c(N)n1. The first-order valence-electron chi connectivity index (χ1n) is 38.2. The summed E-state index contributed by atoms with van der Waals surface area (Å²) in [5.41, 5.74) is 36.7. The van der Waals surface area contributed by atoms with Crippen molar-refractivity contribution in [3.8, 4) is 56.8 Å². The normalized spacial score (nSPS) is 18.0. The number of anilines is 9. The van der Waals surface area contributed by atoms with Gasteiger partial charge in [-0.25, -0.2) is 39.9 Å². The number of aromatic nitrogens is 8. The van der Waals surface area contributed by atoms with E-state index in [1.807, 2.05) is 144 Å². The van der Waals surface area contributed by atoms with Gasteiger partial charge in [0.15, 0.2) is 11.6 Å². The highest BCUT2D eigenvalue weighted by molar-refractivity contribution is 6.05. The number of carbonyl (C=O) groups excluding carboxylic acids is 7. The first-order valence-corrected chi connectivity index (χ1v) is 38.2. The number of nitrogens with zero attached hydrogens (tertiary/aromatic N) is 11. The number of rotatable bonds is 16. The summed E-state index contributed by atoms with van der Waals surface area (Å²) in [5.74, 6) is 1.50. The Morgan fingerprint density at radius 3 is 1.10 bits per heavy atom. The molecule has 0 bridgehead atoms. The second-order valence-corrected chi connectivity index (χ2v) is 30.2. The number of carbonyl (C=O) groups is 7. The van der Waals surface area contributed by atoms with Gasteiger partial charge in [-0.05, 0) is 171 Å². The summed E-state index contributed by atoms with van der Waals surface area (Å²) in [5, 5.41) is 32.2. The molecule has 592 valence electrons. The Morgan fingerprint density at radius 1 is 0.444 bits per heavy atom. The molecule has 14 N–H and O–H groups in total. The zero-order valence-electron chi connectivity index (χ0n) is 65.9. The third kappa shape index (κ3) is 17.5. The van der Waals surface area contributed by atoms with Gasteiger partial charge < -0.3 is 69.4 Å². The summed E-state index contributed by atoms with van der Waals surface area (Å²) in [6, 6.07) is 44.8. The van der Waals surface area contributed by atoms with Crippen LogP contribution < -0.4 is 59.6 Å². The quantitative estimate of drug-likeness (QED) is 0.0429. The molecule has 17 rings (SSSR count). The number of nitrogens with one attached hydrogen (secondary N) is 6. The molecule has 0 saturated heterocycles. The fourth-order valence-electron chi connectivity index (χ4n) is 14.3. The van der Waals surface area contributed by atoms with E-state index in [2.05, 4.69) is 84.4 Å². The predicted octanol–water partition coefficient (Wildman–Crippen LogP) is 12.2. The summed E-state index contributed by atoms with van der Waals surface area (Å²) < 4.78 is 5.61. The van der Waals surface area contributed by atoms with E-state index < -0.39 is 0 Å². The lowest BCUT2D eigenvalue weighted by atomic mass is 10.0. The van der Waals surface area contributed by atoms with Crippen molar-refractivity contribution in [2.45, 2.75) is 60.3 Å². The van der Waals surface area contributed by atoms with Gasteiger partial charge in [0.05, 0.1) is 81.9 Å². The molecule has 117 heavy (non-hydrogen) atoms. The number of nitrogen functional groups attached to an aromatic ring is 4. The van der Waals surface area contributed by atoms with Crippen LogP contribution in [0.2, 0.25) is 0 Å². The van der Waals surface area contributed by atoms with E-state index in [-0.39, 0.29) is 88.7 Å². The third-order valence-electron chi connectivity index (χ3n) is 21.2. The molecule has 29 heteroatoms. The highest BCUT2D eigenvalue weighted by Gasteiger charge is 2.51. The van der Waals surface area contributed by atoms with Crippen molar-refractivity contribution in [3.63, 3.8) is 0 Å². The Kier molecular flexibility index (Phi) is 22.2. The van der Waals surface area contributed by atoms with Gasteiger partial charge in [0.2, 0.25) is 41.4 Å². The maximum Gasteiger partial charge on any atom is 0.230 e. The van der Waals surface area contributed by atoms with Gasteiger partial charge in [-0.1, -0.05) is 72.8 Å². The molecular formula is C88H87N21O8. The summed E-state index contributed by atoms with van der Waals surface area (Å²) >= 11 is 0. The first kappa shape index (κ1) is 79.1. The molecule has 4 saturated carbocycles. The van der Waals surface area contributed by atoms with Crippen LogP contribution in [0, 0.1) is 86.4 Å². The number of fused-ring (bicyclic) bond motifs is 5. The van der Waals surface area contributed by atoms with Gasteiger partial charge in [0.1, 0.15) is 46.5 Å². The molecule has 8 atom stereocenters. The van der Waals surface area contributed by atoms with Crippen molar-refractivity contribution in [2.75, 3.05) is 84.3 Å². The lowest BCUT2D eigenvalue weighted by Gasteiger charge is -2.11. The molecule has 4 aliphatic carbocycles. The van der Waals surface area contributed by atoms with Crippen molar-refractivity contribution in [2.24, 2.45) is 47.3 Å². The standard InChI is InChI=1S/C22H18N6O2.3C22H23N5O2/c1-10-3-18-19(30-11(2)26-18)7-14(10)17-5-12-6-20(25-9-16(12)21(24)27-17)28-22(29)15-4-13(15)8-23;2*1-12-6-4-5-7-14(12)18-8-13-9-19(24-11-17(13)20(23)25-18)26-21(28)15-10-16(15)22(29)27(2)3;1-3-24-21(28)15-10-16(15)22(29)27-19-9-13-8-18(14-7-5-4-6-12(14)2)26-20(23)17(13)11-25-19/h3,5-7,9,13,15,26H,2,4H2,1H3,(H2,24,27)(H,25,28,29);2*4-9,11,15-16H,10H2,1-3H3,(H2,23,25)(H,24,26,28);4-9,11,15-16H,3,10H2,1-2H3,(H2,23,26)(H,24,28)(H,25,27,29)/t13-,15?;3*15-,16+/m1100/s1. The van der Waals surface area contributed by atoms with Crippen LogP contribution >= 0.6 is 0 Å². The van der Waals surface area contributed by atoms with Crippen LogP contribution in [0.3, 0.4) is 0 Å². The van der Waals surface area contributed by atoms with Crippen LogP contribution in [-0.4, -0.2) is 126 Å². The predicted molar refractivity (Wildman–Crippen MR) is 452 cm³/mol. The lowest BCUT2D eigenvalue weighted by molar-refractivity contribution is -0.132. The smallest absolute Gasteiger partial charge is 0.230 e. The third-order valence-corrected chi connectivity index (χ3v) is 21.2. The summed E-state index contributed by atoms with van der Waals surface area (Å²) in [7, 11) is 6.80. The van der Waals surface area contributed by atoms with Crippen molar-refractivity contribution in [1.29, 1.82) is 5.26 Å². The second-order valence-electron chi connectivity index (χ2n) is 30.2. The first-order chi connectivity index (χ1) is 56.1. The number of hydrogen-bond acceptors (Lipinski definition) is 22. The summed E-state index contributed by atoms with van der Waals surface area (Å²) in [6.07, 6.45) is 8.75. The Hall–Kier alpha value is -14.6. The summed E-state index contributed by atoms with van der Waals surface area (Å²) in [4.78, 5) is 124. The number of ether oxygens (including phenoxy) is 1. The van der Waals surface area contributed by atoms with Crippen LogP contribution in [0.4, 0.5) is 52.2 Å². The monoisotopic (exact) mass is 1570 g/mol. The van der Waals surface area contributed by atoms with Crippen LogP contribution in [0.1, 0.15) is 54.9 Å². The Balaban J connectivity index is 0.000000128. The molecule has 0 spiro atoms. The van der Waals surface area contributed by atoms with Gasteiger partial charge in [-0.3, -0.25) is 33.6 Å². The molecule has 5 aliphatic rings. The Bertz CT molecular complexity index is 5950. The highest BCUT2D eigenvalue weighted by atomic mass is 16.5. The van der Waals surface area contributed by atoms with E-state index in [0.29, 0.717) is 101 Å². The number of aryl methyl sites for hydroxylation is 4. The maximum absolute atomic E-state index is 12.5. The minimum absolute atomic E-state index is 0.0154. The fourth-order valence-corrected chi connectivity index (χ4v) is 14.3. The van der Waals surface area contributed by atoms with E-state index in [4.69, 9.17) is 32.9 Å². The zero-order valence-corrected chi connectivity index (χ0v) is 65.9. The maximum atomic E-state index is 12.5. The van der Waals surface area contributed by atoms with Crippen molar-refractivity contribution in [3.05, 3.63) is 193 Å². The van der Waals surface area contributed by atoms with Crippen LogP contribution in [-0.2, 0) is 33.6 Å². The molecule has 12 aromatic rings. The summed E-state index contributed by atoms with van der Waals surface area (Å²) in [6.45, 7) is 14.3. The molecule has 1 unspecified atom stereocenters. The van der Waals surface area contributed by atoms with E-state index in [9.17, 15) is 33.6 Å². The minimum atomic E-state index is -0.302. The molecular weight excluding hydrogens is 1480 g/mol. The average molecular weight is 1570 g/mol. The topological polar surface area (TPSA) is 438 Å². The molecule has 1 aliphatic heterocycles. The Labute approximate surface area is 673 Å². The van der Waals surface area contributed by atoms with Crippen molar-refractivity contribution in [1.82, 2.24) is 55.0 Å².